The molecular weight excluding hydrogens is 358 g/mol. The van der Waals surface area contributed by atoms with Crippen molar-refractivity contribution in [1.82, 2.24) is 9.55 Å². The first-order valence-corrected chi connectivity index (χ1v) is 10.2. The van der Waals surface area contributed by atoms with Crippen molar-refractivity contribution in [1.29, 1.82) is 0 Å². The maximum Gasteiger partial charge on any atom is 0.266 e. The molecule has 2 aromatic heterocycles. The predicted octanol–water partition coefficient (Wildman–Crippen LogP) is 4.83. The Hall–Kier alpha value is -2.47. The zero-order chi connectivity index (χ0) is 19.0. The third kappa shape index (κ3) is 3.41. The van der Waals surface area contributed by atoms with E-state index in [-0.39, 0.29) is 17.5 Å². The fourth-order valence-corrected chi connectivity index (χ4v) is 4.83. The summed E-state index contributed by atoms with van der Waals surface area (Å²) in [4.78, 5) is 31.5. The molecule has 140 valence electrons. The highest BCUT2D eigenvalue weighted by Crippen LogP contribution is 2.30. The van der Waals surface area contributed by atoms with Gasteiger partial charge in [0.15, 0.2) is 0 Å². The molecule has 27 heavy (non-hydrogen) atoms. The standard InChI is InChI=1S/C21H23N3O2S/c1-13-8-10-15(11-9-13)23-19(25)18-14(2)17-20(27-18)22-12-24(21(17)26)16-6-4-3-5-7-16/h8-12,16H,3-7H2,1-2H3,(H,23,25). The lowest BCUT2D eigenvalue weighted by Crippen LogP contribution is -2.26. The summed E-state index contributed by atoms with van der Waals surface area (Å²) >= 11 is 1.29. The molecule has 0 bridgehead atoms. The van der Waals surface area contributed by atoms with Crippen LogP contribution < -0.4 is 10.9 Å². The highest BCUT2D eigenvalue weighted by molar-refractivity contribution is 7.20. The van der Waals surface area contributed by atoms with Gasteiger partial charge in [0.05, 0.1) is 16.6 Å². The third-order valence-electron chi connectivity index (χ3n) is 5.36. The summed E-state index contributed by atoms with van der Waals surface area (Å²) in [5, 5.41) is 3.50. The van der Waals surface area contributed by atoms with Crippen molar-refractivity contribution in [2.45, 2.75) is 52.0 Å². The average Bonchev–Trinajstić information content (AvgIpc) is 3.02. The van der Waals surface area contributed by atoms with Crippen LogP contribution in [0.15, 0.2) is 35.4 Å². The van der Waals surface area contributed by atoms with Crippen molar-refractivity contribution >= 4 is 33.1 Å². The number of amides is 1. The van der Waals surface area contributed by atoms with Crippen molar-refractivity contribution in [3.8, 4) is 0 Å². The molecule has 2 heterocycles. The minimum atomic E-state index is -0.192. The van der Waals surface area contributed by atoms with Gasteiger partial charge >= 0.3 is 0 Å². The van der Waals surface area contributed by atoms with E-state index in [9.17, 15) is 9.59 Å². The molecule has 0 unspecified atom stereocenters. The minimum absolute atomic E-state index is 0.0185. The van der Waals surface area contributed by atoms with Gasteiger partial charge in [-0.25, -0.2) is 4.98 Å². The Bertz CT molecular complexity index is 1040. The number of nitrogens with zero attached hydrogens (tertiary/aromatic N) is 2. The first kappa shape index (κ1) is 17.9. The lowest BCUT2D eigenvalue weighted by atomic mass is 9.95. The van der Waals surface area contributed by atoms with E-state index in [4.69, 9.17) is 0 Å². The van der Waals surface area contributed by atoms with Crippen LogP contribution in [0.5, 0.6) is 0 Å². The first-order chi connectivity index (χ1) is 13.0. The van der Waals surface area contributed by atoms with E-state index < -0.39 is 0 Å². The molecular formula is C21H23N3O2S. The second kappa shape index (κ2) is 7.27. The summed E-state index contributed by atoms with van der Waals surface area (Å²) in [7, 11) is 0. The topological polar surface area (TPSA) is 64.0 Å². The normalized spacial score (nSPS) is 15.2. The summed E-state index contributed by atoms with van der Waals surface area (Å²) in [6.45, 7) is 3.85. The molecule has 1 fully saturated rings. The van der Waals surface area contributed by atoms with E-state index in [0.29, 0.717) is 15.1 Å². The Kier molecular flexibility index (Phi) is 4.83. The van der Waals surface area contributed by atoms with Gasteiger partial charge in [0.2, 0.25) is 0 Å². The number of carbonyl (C=O) groups is 1. The number of aromatic nitrogens is 2. The molecule has 0 spiro atoms. The van der Waals surface area contributed by atoms with E-state index in [1.807, 2.05) is 38.1 Å². The largest absolute Gasteiger partial charge is 0.321 e. The molecule has 6 heteroatoms. The van der Waals surface area contributed by atoms with Crippen molar-refractivity contribution in [2.75, 3.05) is 5.32 Å². The molecule has 0 saturated heterocycles. The Morgan fingerprint density at radius 3 is 2.56 bits per heavy atom. The van der Waals surface area contributed by atoms with Gasteiger partial charge in [0.1, 0.15) is 4.83 Å². The van der Waals surface area contributed by atoms with Gasteiger partial charge in [-0.3, -0.25) is 14.2 Å². The third-order valence-corrected chi connectivity index (χ3v) is 6.56. The Morgan fingerprint density at radius 1 is 1.15 bits per heavy atom. The van der Waals surface area contributed by atoms with Crippen LogP contribution in [0.4, 0.5) is 5.69 Å². The van der Waals surface area contributed by atoms with Crippen molar-refractivity contribution < 1.29 is 4.79 Å². The number of nitrogens with one attached hydrogen (secondary N) is 1. The molecule has 1 aliphatic rings. The zero-order valence-electron chi connectivity index (χ0n) is 15.6. The van der Waals surface area contributed by atoms with Gasteiger partial charge in [0, 0.05) is 11.7 Å². The number of benzene rings is 1. The van der Waals surface area contributed by atoms with Crippen LogP contribution in [0.3, 0.4) is 0 Å². The monoisotopic (exact) mass is 381 g/mol. The quantitative estimate of drug-likeness (QED) is 0.706. The Balaban J connectivity index is 1.69. The van der Waals surface area contributed by atoms with Crippen LogP contribution in [0.1, 0.15) is 58.9 Å². The molecule has 1 aromatic carbocycles. The molecule has 4 rings (SSSR count). The minimum Gasteiger partial charge on any atom is -0.321 e. The summed E-state index contributed by atoms with van der Waals surface area (Å²) in [6.07, 6.45) is 7.26. The van der Waals surface area contributed by atoms with Crippen LogP contribution >= 0.6 is 11.3 Å². The number of fused-ring (bicyclic) bond motifs is 1. The molecule has 3 aromatic rings. The number of carbonyl (C=O) groups excluding carboxylic acids is 1. The molecule has 1 N–H and O–H groups in total. The molecule has 0 radical (unpaired) electrons. The fraction of sp³-hybridized carbons (Fsp3) is 0.381. The number of aryl methyl sites for hydroxylation is 2. The predicted molar refractivity (Wildman–Crippen MR) is 110 cm³/mol. The van der Waals surface area contributed by atoms with Crippen molar-refractivity contribution in [2.24, 2.45) is 0 Å². The van der Waals surface area contributed by atoms with Gasteiger partial charge < -0.3 is 5.32 Å². The summed E-state index contributed by atoms with van der Waals surface area (Å²) in [6, 6.07) is 7.90. The second-order valence-electron chi connectivity index (χ2n) is 7.31. The van der Waals surface area contributed by atoms with E-state index >= 15 is 0 Å². The van der Waals surface area contributed by atoms with E-state index in [1.54, 1.807) is 10.9 Å². The Labute approximate surface area is 162 Å². The molecule has 1 saturated carbocycles. The SMILES string of the molecule is Cc1ccc(NC(=O)c2sc3ncn(C4CCCCC4)c(=O)c3c2C)cc1. The smallest absolute Gasteiger partial charge is 0.266 e. The molecule has 0 aliphatic heterocycles. The molecule has 1 aliphatic carbocycles. The summed E-state index contributed by atoms with van der Waals surface area (Å²) < 4.78 is 1.78. The molecule has 1 amide bonds. The fourth-order valence-electron chi connectivity index (χ4n) is 3.80. The van der Waals surface area contributed by atoms with E-state index in [1.165, 1.54) is 17.8 Å². The zero-order valence-corrected chi connectivity index (χ0v) is 16.4. The van der Waals surface area contributed by atoms with E-state index in [0.717, 1.165) is 42.5 Å². The van der Waals surface area contributed by atoms with Crippen molar-refractivity contribution in [3.05, 3.63) is 57.0 Å². The lowest BCUT2D eigenvalue weighted by molar-refractivity contribution is 0.103. The molecule has 5 nitrogen and oxygen atoms in total. The highest BCUT2D eigenvalue weighted by atomic mass is 32.1. The van der Waals surface area contributed by atoms with Crippen molar-refractivity contribution in [3.63, 3.8) is 0 Å². The highest BCUT2D eigenvalue weighted by Gasteiger charge is 2.22. The summed E-state index contributed by atoms with van der Waals surface area (Å²) in [5.74, 6) is -0.192. The van der Waals surface area contributed by atoms with Crippen LogP contribution in [0, 0.1) is 13.8 Å². The lowest BCUT2D eigenvalue weighted by Gasteiger charge is -2.23. The van der Waals surface area contributed by atoms with Crippen LogP contribution in [0.2, 0.25) is 0 Å². The average molecular weight is 382 g/mol. The van der Waals surface area contributed by atoms with Crippen LogP contribution in [0.25, 0.3) is 10.2 Å². The van der Waals surface area contributed by atoms with Gasteiger partial charge in [-0.1, -0.05) is 37.0 Å². The number of rotatable bonds is 3. The van der Waals surface area contributed by atoms with Crippen LogP contribution in [-0.2, 0) is 0 Å². The van der Waals surface area contributed by atoms with Gasteiger partial charge in [0.25, 0.3) is 11.5 Å². The maximum atomic E-state index is 13.1. The van der Waals surface area contributed by atoms with E-state index in [2.05, 4.69) is 10.3 Å². The van der Waals surface area contributed by atoms with Gasteiger partial charge in [-0.05, 0) is 44.4 Å². The van der Waals surface area contributed by atoms with Gasteiger partial charge in [-0.15, -0.1) is 11.3 Å². The second-order valence-corrected chi connectivity index (χ2v) is 8.30. The van der Waals surface area contributed by atoms with Crippen LogP contribution in [-0.4, -0.2) is 15.5 Å². The number of hydrogen-bond donors (Lipinski definition) is 1. The van der Waals surface area contributed by atoms with Gasteiger partial charge in [-0.2, -0.15) is 0 Å². The number of thiophene rings is 1. The first-order valence-electron chi connectivity index (χ1n) is 9.43. The maximum absolute atomic E-state index is 13.1. The number of anilines is 1. The Morgan fingerprint density at radius 2 is 1.85 bits per heavy atom. The molecule has 0 atom stereocenters. The summed E-state index contributed by atoms with van der Waals surface area (Å²) in [5.41, 5.74) is 2.59. The number of hydrogen-bond acceptors (Lipinski definition) is 4.